The van der Waals surface area contributed by atoms with E-state index in [9.17, 15) is 22.8 Å². The van der Waals surface area contributed by atoms with Gasteiger partial charge >= 0.3 is 12.1 Å². The van der Waals surface area contributed by atoms with Crippen molar-refractivity contribution in [2.24, 2.45) is 0 Å². The van der Waals surface area contributed by atoms with Crippen LogP contribution >= 0.6 is 0 Å². The average molecular weight is 363 g/mol. The summed E-state index contributed by atoms with van der Waals surface area (Å²) < 4.78 is 43.9. The lowest BCUT2D eigenvalue weighted by Crippen LogP contribution is -2.21. The van der Waals surface area contributed by atoms with Gasteiger partial charge in [-0.2, -0.15) is 13.2 Å². The summed E-state index contributed by atoms with van der Waals surface area (Å²) in [5.74, 6) is -1.46. The van der Waals surface area contributed by atoms with Gasteiger partial charge in [-0.25, -0.2) is 9.78 Å². The van der Waals surface area contributed by atoms with Crippen LogP contribution < -0.4 is 5.32 Å². The number of rotatable bonds is 4. The number of alkyl halides is 3. The fourth-order valence-corrected chi connectivity index (χ4v) is 2.18. The molecule has 1 aromatic carbocycles. The third kappa shape index (κ3) is 4.00. The van der Waals surface area contributed by atoms with Crippen LogP contribution in [0.1, 0.15) is 16.1 Å². The predicted octanol–water partition coefficient (Wildman–Crippen LogP) is 3.15. The Hall–Kier alpha value is -3.36. The molecule has 134 valence electrons. The molecule has 9 heteroatoms. The number of amides is 1. The highest BCUT2D eigenvalue weighted by atomic mass is 19.4. The third-order valence-corrected chi connectivity index (χ3v) is 3.40. The summed E-state index contributed by atoms with van der Waals surface area (Å²) >= 11 is 0. The molecule has 0 bridgehead atoms. The Morgan fingerprint density at radius 1 is 1.12 bits per heavy atom. The first-order valence-electron chi connectivity index (χ1n) is 7.41. The van der Waals surface area contributed by atoms with Gasteiger partial charge in [-0.15, -0.1) is 0 Å². The lowest BCUT2D eigenvalue weighted by atomic mass is 10.2. The quantitative estimate of drug-likeness (QED) is 0.723. The van der Waals surface area contributed by atoms with Crippen LogP contribution in [-0.2, 0) is 15.7 Å². The number of anilines is 1. The topological polar surface area (TPSA) is 72.7 Å². The van der Waals surface area contributed by atoms with E-state index in [4.69, 9.17) is 4.74 Å². The van der Waals surface area contributed by atoms with Crippen LogP contribution in [0.15, 0.2) is 54.9 Å². The first-order valence-corrected chi connectivity index (χ1v) is 7.41. The van der Waals surface area contributed by atoms with E-state index in [2.05, 4.69) is 10.3 Å². The molecule has 0 spiro atoms. The maximum absolute atomic E-state index is 12.5. The zero-order valence-electron chi connectivity index (χ0n) is 13.2. The van der Waals surface area contributed by atoms with Crippen molar-refractivity contribution in [2.45, 2.75) is 6.18 Å². The van der Waals surface area contributed by atoms with Gasteiger partial charge in [0.2, 0.25) is 0 Å². The van der Waals surface area contributed by atoms with E-state index in [-0.39, 0.29) is 11.4 Å². The number of hydrogen-bond acceptors (Lipinski definition) is 4. The van der Waals surface area contributed by atoms with E-state index in [1.54, 1.807) is 28.8 Å². The Morgan fingerprint density at radius 2 is 1.85 bits per heavy atom. The van der Waals surface area contributed by atoms with Gasteiger partial charge in [0.25, 0.3) is 5.91 Å². The van der Waals surface area contributed by atoms with E-state index >= 15 is 0 Å². The van der Waals surface area contributed by atoms with Gasteiger partial charge in [0, 0.05) is 18.1 Å². The summed E-state index contributed by atoms with van der Waals surface area (Å²) in [5.41, 5.74) is -0.0762. The molecule has 26 heavy (non-hydrogen) atoms. The molecular formula is C17H12F3N3O3. The summed E-state index contributed by atoms with van der Waals surface area (Å²) in [5, 5.41) is 2.34. The molecule has 0 aliphatic carbocycles. The van der Waals surface area contributed by atoms with Gasteiger partial charge in [0.05, 0.1) is 5.56 Å². The number of carbonyl (C=O) groups excluding carboxylic acids is 2. The number of imidazole rings is 1. The number of nitrogens with zero attached hydrogens (tertiary/aromatic N) is 2. The molecule has 2 aromatic heterocycles. The number of nitrogens with one attached hydrogen (secondary N) is 1. The lowest BCUT2D eigenvalue weighted by Gasteiger charge is -2.09. The summed E-state index contributed by atoms with van der Waals surface area (Å²) in [7, 11) is 0. The number of benzene rings is 1. The predicted molar refractivity (Wildman–Crippen MR) is 85.5 cm³/mol. The maximum atomic E-state index is 12.5. The average Bonchev–Trinajstić information content (AvgIpc) is 3.03. The van der Waals surface area contributed by atoms with E-state index in [0.717, 1.165) is 24.3 Å². The second-order valence-corrected chi connectivity index (χ2v) is 5.29. The molecule has 0 fully saturated rings. The Morgan fingerprint density at radius 3 is 2.50 bits per heavy atom. The zero-order chi connectivity index (χ0) is 18.7. The van der Waals surface area contributed by atoms with Gasteiger partial charge in [0.15, 0.2) is 12.3 Å². The van der Waals surface area contributed by atoms with Gasteiger partial charge in [-0.1, -0.05) is 6.07 Å². The second-order valence-electron chi connectivity index (χ2n) is 5.29. The summed E-state index contributed by atoms with van der Waals surface area (Å²) in [6, 6.07) is 9.15. The molecule has 0 saturated heterocycles. The normalized spacial score (nSPS) is 11.3. The Labute approximate surface area is 145 Å². The van der Waals surface area contributed by atoms with Crippen LogP contribution in [0.5, 0.6) is 0 Å². The SMILES string of the molecule is O=C(COC(=O)c1cn2ccccc2n1)Nc1ccc(C(F)(F)F)cc1. The maximum Gasteiger partial charge on any atom is 0.416 e. The fraction of sp³-hybridized carbons (Fsp3) is 0.118. The van der Waals surface area contributed by atoms with Crippen molar-refractivity contribution < 1.29 is 27.5 Å². The molecule has 0 atom stereocenters. The fourth-order valence-electron chi connectivity index (χ4n) is 2.18. The van der Waals surface area contributed by atoms with E-state index in [1.165, 1.54) is 6.20 Å². The molecule has 0 radical (unpaired) electrons. The summed E-state index contributed by atoms with van der Waals surface area (Å²) in [6.07, 6.45) is -1.28. The highest BCUT2D eigenvalue weighted by Crippen LogP contribution is 2.29. The van der Waals surface area contributed by atoms with E-state index in [0.29, 0.717) is 5.65 Å². The number of halogens is 3. The number of carbonyl (C=O) groups is 2. The van der Waals surface area contributed by atoms with Gasteiger partial charge < -0.3 is 14.5 Å². The number of ether oxygens (including phenoxy) is 1. The van der Waals surface area contributed by atoms with Crippen molar-refractivity contribution in [1.82, 2.24) is 9.38 Å². The molecule has 3 aromatic rings. The van der Waals surface area contributed by atoms with Crippen molar-refractivity contribution >= 4 is 23.2 Å². The third-order valence-electron chi connectivity index (χ3n) is 3.40. The largest absolute Gasteiger partial charge is 0.451 e. The van der Waals surface area contributed by atoms with Crippen molar-refractivity contribution in [3.8, 4) is 0 Å². The van der Waals surface area contributed by atoms with Crippen LogP contribution in [0, 0.1) is 0 Å². The molecule has 0 saturated carbocycles. The smallest absolute Gasteiger partial charge is 0.416 e. The van der Waals surface area contributed by atoms with E-state index in [1.807, 2.05) is 0 Å². The van der Waals surface area contributed by atoms with Crippen LogP contribution in [0.2, 0.25) is 0 Å². The molecule has 0 unspecified atom stereocenters. The van der Waals surface area contributed by atoms with Crippen LogP contribution in [0.4, 0.5) is 18.9 Å². The molecule has 2 heterocycles. The number of aromatic nitrogens is 2. The Balaban J connectivity index is 1.55. The molecule has 3 rings (SSSR count). The van der Waals surface area contributed by atoms with Gasteiger partial charge in [-0.3, -0.25) is 4.79 Å². The summed E-state index contributed by atoms with van der Waals surface area (Å²) in [6.45, 7) is -0.590. The number of hydrogen-bond donors (Lipinski definition) is 1. The molecular weight excluding hydrogens is 351 g/mol. The second kappa shape index (κ2) is 6.87. The highest BCUT2D eigenvalue weighted by molar-refractivity contribution is 5.95. The number of pyridine rings is 1. The van der Waals surface area contributed by atoms with Crippen molar-refractivity contribution in [3.63, 3.8) is 0 Å². The Kier molecular flexibility index (Phi) is 4.61. The first kappa shape index (κ1) is 17.5. The van der Waals surface area contributed by atoms with Gasteiger partial charge in [0.1, 0.15) is 5.65 Å². The summed E-state index contributed by atoms with van der Waals surface area (Å²) in [4.78, 5) is 27.7. The molecule has 0 aliphatic heterocycles. The van der Waals surface area contributed by atoms with Crippen molar-refractivity contribution in [1.29, 1.82) is 0 Å². The minimum atomic E-state index is -4.45. The monoisotopic (exact) mass is 363 g/mol. The number of esters is 1. The Bertz CT molecular complexity index is 916. The molecule has 6 nitrogen and oxygen atoms in total. The molecule has 0 aliphatic rings. The van der Waals surface area contributed by atoms with Crippen LogP contribution in [0.3, 0.4) is 0 Å². The van der Waals surface area contributed by atoms with Crippen molar-refractivity contribution in [2.75, 3.05) is 11.9 Å². The molecule has 1 N–H and O–H groups in total. The van der Waals surface area contributed by atoms with Crippen LogP contribution in [0.25, 0.3) is 5.65 Å². The number of fused-ring (bicyclic) bond motifs is 1. The zero-order valence-corrected chi connectivity index (χ0v) is 13.2. The standard InChI is InChI=1S/C17H12F3N3O3/c18-17(19,20)11-4-6-12(7-5-11)21-15(24)10-26-16(25)13-9-23-8-2-1-3-14(23)22-13/h1-9H,10H2,(H,21,24). The van der Waals surface area contributed by atoms with Gasteiger partial charge in [-0.05, 0) is 36.4 Å². The highest BCUT2D eigenvalue weighted by Gasteiger charge is 2.30. The minimum absolute atomic E-state index is 0.0403. The van der Waals surface area contributed by atoms with Crippen molar-refractivity contribution in [3.05, 3.63) is 66.1 Å². The first-order chi connectivity index (χ1) is 12.3. The van der Waals surface area contributed by atoms with E-state index < -0.39 is 30.2 Å². The lowest BCUT2D eigenvalue weighted by molar-refractivity contribution is -0.137. The minimum Gasteiger partial charge on any atom is -0.451 e. The molecule has 1 amide bonds. The van der Waals surface area contributed by atoms with Crippen LogP contribution in [-0.4, -0.2) is 27.9 Å².